The number of hydrogen-bond donors (Lipinski definition) is 5. The minimum absolute atomic E-state index is 0.0350. The molecule has 5 N–H and O–H groups in total. The van der Waals surface area contributed by atoms with Gasteiger partial charge >= 0.3 is 0 Å². The van der Waals surface area contributed by atoms with Crippen LogP contribution in [-0.4, -0.2) is 57.1 Å². The Hall–Kier alpha value is -0.200. The first kappa shape index (κ1) is 18.8. The van der Waals surface area contributed by atoms with Crippen molar-refractivity contribution in [1.29, 1.82) is 0 Å². The van der Waals surface area contributed by atoms with Gasteiger partial charge in [-0.1, -0.05) is 0 Å². The van der Waals surface area contributed by atoms with Crippen LogP contribution in [0.3, 0.4) is 0 Å². The van der Waals surface area contributed by atoms with Crippen molar-refractivity contribution in [2.75, 3.05) is 19.8 Å². The Balaban J connectivity index is 4.26. The van der Waals surface area contributed by atoms with E-state index in [0.717, 1.165) is 0 Å². The van der Waals surface area contributed by atoms with Crippen molar-refractivity contribution in [3.8, 4) is 0 Å². The number of hydrogen-bond acceptors (Lipinski definition) is 5. The average Bonchev–Trinajstić information content (AvgIpc) is 2.39. The number of rotatable bonds is 13. The second kappa shape index (κ2) is 11.6. The summed E-state index contributed by atoms with van der Waals surface area (Å²) in [6.45, 7) is 0.205. The third kappa shape index (κ3) is 8.55. The summed E-state index contributed by atoms with van der Waals surface area (Å²) < 4.78 is 0. The van der Waals surface area contributed by atoms with Gasteiger partial charge < -0.3 is 25.5 Å². The Kier molecular flexibility index (Phi) is 11.5. The largest absolute Gasteiger partial charge is 0.396 e. The van der Waals surface area contributed by atoms with E-state index in [0.29, 0.717) is 51.4 Å². The van der Waals surface area contributed by atoms with Crippen LogP contribution >= 0.6 is 0 Å². The highest BCUT2D eigenvalue weighted by Crippen LogP contribution is 2.27. The third-order valence-corrected chi connectivity index (χ3v) is 3.35. The predicted octanol–water partition coefficient (Wildman–Crippen LogP) is 0.380. The lowest BCUT2D eigenvalue weighted by Crippen LogP contribution is -2.42. The van der Waals surface area contributed by atoms with Gasteiger partial charge in [0.1, 0.15) is 0 Å². The van der Waals surface area contributed by atoms with Gasteiger partial charge in [-0.05, 0) is 57.8 Å². The molecule has 5 heteroatoms. The van der Waals surface area contributed by atoms with E-state index in [-0.39, 0.29) is 19.8 Å². The van der Waals surface area contributed by atoms with Gasteiger partial charge in [0.05, 0.1) is 11.7 Å². The molecule has 0 aromatic carbocycles. The zero-order valence-corrected chi connectivity index (χ0v) is 11.7. The number of aliphatic hydroxyl groups excluding tert-OH is 4. The smallest absolute Gasteiger partial charge is 0.0908 e. The zero-order chi connectivity index (χ0) is 14.6. The molecule has 0 aromatic heterocycles. The Morgan fingerprint density at radius 1 is 0.895 bits per heavy atom. The molecule has 0 amide bonds. The lowest BCUT2D eigenvalue weighted by atomic mass is 9.83. The highest BCUT2D eigenvalue weighted by atomic mass is 16.3. The minimum atomic E-state index is -1.19. The number of unbranched alkanes of at least 4 members (excludes halogenated alkanes) is 3. The van der Waals surface area contributed by atoms with E-state index in [1.807, 2.05) is 0 Å². The molecule has 0 rings (SSSR count). The van der Waals surface area contributed by atoms with Crippen LogP contribution in [0.15, 0.2) is 0 Å². The van der Waals surface area contributed by atoms with Gasteiger partial charge in [-0.3, -0.25) is 0 Å². The highest BCUT2D eigenvalue weighted by Gasteiger charge is 2.33. The highest BCUT2D eigenvalue weighted by molar-refractivity contribution is 4.91. The van der Waals surface area contributed by atoms with Gasteiger partial charge in [-0.15, -0.1) is 0 Å². The van der Waals surface area contributed by atoms with E-state index >= 15 is 0 Å². The summed E-state index contributed by atoms with van der Waals surface area (Å²) in [5.41, 5.74) is -1.19. The monoisotopic (exact) mass is 277 g/mol. The molecule has 0 aliphatic carbocycles. The molecule has 0 bridgehead atoms. The maximum atomic E-state index is 10.5. The Morgan fingerprint density at radius 3 is 2.11 bits per heavy atom. The molecule has 19 heavy (non-hydrogen) atoms. The van der Waals surface area contributed by atoms with Gasteiger partial charge in [0.25, 0.3) is 0 Å². The van der Waals surface area contributed by atoms with E-state index < -0.39 is 11.7 Å². The first-order chi connectivity index (χ1) is 9.10. The number of aliphatic hydroxyl groups is 5. The third-order valence-electron chi connectivity index (χ3n) is 3.35. The fourth-order valence-electron chi connectivity index (χ4n) is 2.11. The molecule has 0 heterocycles. The van der Waals surface area contributed by atoms with Gasteiger partial charge in [-0.25, -0.2) is 0 Å². The summed E-state index contributed by atoms with van der Waals surface area (Å²) in [6, 6.07) is 0. The summed E-state index contributed by atoms with van der Waals surface area (Å²) in [5.74, 6) is 0. The van der Waals surface area contributed by atoms with Crippen molar-refractivity contribution in [2.45, 2.75) is 63.1 Å². The van der Waals surface area contributed by atoms with Crippen molar-refractivity contribution >= 4 is 0 Å². The Morgan fingerprint density at radius 2 is 1.53 bits per heavy atom. The van der Waals surface area contributed by atoms with Gasteiger partial charge in [-0.2, -0.15) is 0 Å². The van der Waals surface area contributed by atoms with E-state index in [4.69, 9.17) is 15.3 Å². The molecule has 0 aliphatic rings. The second-order valence-corrected chi connectivity index (χ2v) is 5.02. The first-order valence-electron chi connectivity index (χ1n) is 7.15. The van der Waals surface area contributed by atoms with Crippen molar-refractivity contribution in [3.63, 3.8) is 0 Å². The molecule has 0 aliphatic heterocycles. The fraction of sp³-hybridized carbons (Fsp3) is 0.929. The maximum absolute atomic E-state index is 10.5. The molecular weight excluding hydrogens is 248 g/mol. The fourth-order valence-corrected chi connectivity index (χ4v) is 2.11. The molecule has 0 saturated heterocycles. The van der Waals surface area contributed by atoms with Crippen molar-refractivity contribution < 1.29 is 25.5 Å². The molecule has 0 fully saturated rings. The van der Waals surface area contributed by atoms with Crippen LogP contribution in [0.25, 0.3) is 0 Å². The summed E-state index contributed by atoms with van der Waals surface area (Å²) in [7, 11) is 0. The molecule has 2 unspecified atom stereocenters. The Bertz CT molecular complexity index is 188. The van der Waals surface area contributed by atoms with E-state index in [1.54, 1.807) is 6.42 Å². The molecule has 0 aromatic rings. The molecule has 1 radical (unpaired) electrons. The lowest BCUT2D eigenvalue weighted by Gasteiger charge is -2.33. The molecule has 115 valence electrons. The van der Waals surface area contributed by atoms with E-state index in [2.05, 4.69) is 0 Å². The SMILES string of the molecule is OCC[CH]CC(O)(CCCCO)C(O)CCCCO. The minimum Gasteiger partial charge on any atom is -0.396 e. The zero-order valence-electron chi connectivity index (χ0n) is 11.7. The van der Waals surface area contributed by atoms with Gasteiger partial charge in [0.2, 0.25) is 0 Å². The normalized spacial score (nSPS) is 13.7. The van der Waals surface area contributed by atoms with Crippen molar-refractivity contribution in [2.24, 2.45) is 0 Å². The molecule has 5 nitrogen and oxygen atoms in total. The van der Waals surface area contributed by atoms with Crippen LogP contribution in [0, 0.1) is 6.42 Å². The van der Waals surface area contributed by atoms with E-state index in [9.17, 15) is 10.2 Å². The van der Waals surface area contributed by atoms with Gasteiger partial charge in [0.15, 0.2) is 0 Å². The maximum Gasteiger partial charge on any atom is 0.0908 e. The van der Waals surface area contributed by atoms with Crippen molar-refractivity contribution in [1.82, 2.24) is 0 Å². The van der Waals surface area contributed by atoms with E-state index in [1.165, 1.54) is 0 Å². The van der Waals surface area contributed by atoms with Crippen LogP contribution in [0.4, 0.5) is 0 Å². The summed E-state index contributed by atoms with van der Waals surface area (Å²) in [6.07, 6.45) is 5.18. The van der Waals surface area contributed by atoms with Gasteiger partial charge in [0, 0.05) is 19.8 Å². The topological polar surface area (TPSA) is 101 Å². The summed E-state index contributed by atoms with van der Waals surface area (Å²) in [4.78, 5) is 0. The standard InChI is InChI=1S/C14H29O5/c15-10-4-1-7-13(18)14(19,8-2-5-11-16)9-3-6-12-17/h2,13,15-19H,1,3-12H2. The summed E-state index contributed by atoms with van der Waals surface area (Å²) >= 11 is 0. The summed E-state index contributed by atoms with van der Waals surface area (Å²) in [5, 5.41) is 46.9. The van der Waals surface area contributed by atoms with Crippen LogP contribution in [-0.2, 0) is 0 Å². The lowest BCUT2D eigenvalue weighted by molar-refractivity contribution is -0.0866. The molecule has 0 saturated carbocycles. The molecular formula is C14H29O5. The predicted molar refractivity (Wildman–Crippen MR) is 73.5 cm³/mol. The molecule has 0 spiro atoms. The van der Waals surface area contributed by atoms with Crippen LogP contribution in [0.2, 0.25) is 0 Å². The Labute approximate surface area is 115 Å². The van der Waals surface area contributed by atoms with Crippen LogP contribution in [0.1, 0.15) is 51.4 Å². The van der Waals surface area contributed by atoms with Crippen LogP contribution < -0.4 is 0 Å². The van der Waals surface area contributed by atoms with Crippen LogP contribution in [0.5, 0.6) is 0 Å². The quantitative estimate of drug-likeness (QED) is 0.313. The average molecular weight is 277 g/mol. The first-order valence-corrected chi connectivity index (χ1v) is 7.15. The molecule has 2 atom stereocenters. The van der Waals surface area contributed by atoms with Crippen molar-refractivity contribution in [3.05, 3.63) is 6.42 Å². The second-order valence-electron chi connectivity index (χ2n) is 5.02.